The second-order valence-corrected chi connectivity index (χ2v) is 9.57. The van der Waals surface area contributed by atoms with Crippen molar-refractivity contribution in [1.29, 1.82) is 0 Å². The number of rotatable bonds is 3. The van der Waals surface area contributed by atoms with E-state index in [4.69, 9.17) is 0 Å². The molecule has 37 heavy (non-hydrogen) atoms. The highest BCUT2D eigenvalue weighted by Crippen LogP contribution is 2.38. The van der Waals surface area contributed by atoms with Crippen LogP contribution in [-0.4, -0.2) is 5.78 Å². The quantitative estimate of drug-likeness (QED) is 0.450. The third-order valence-corrected chi connectivity index (χ3v) is 7.44. The zero-order chi connectivity index (χ0) is 25.6. The maximum atomic E-state index is 13.8. The summed E-state index contributed by atoms with van der Waals surface area (Å²) in [5.41, 5.74) is 4.30. The predicted molar refractivity (Wildman–Crippen MR) is 140 cm³/mol. The van der Waals surface area contributed by atoms with Crippen molar-refractivity contribution in [2.45, 2.75) is 24.9 Å². The van der Waals surface area contributed by atoms with Gasteiger partial charge in [-0.2, -0.15) is 13.2 Å². The van der Waals surface area contributed by atoms with Crippen LogP contribution in [0.4, 0.5) is 13.2 Å². The minimum atomic E-state index is -4.60. The summed E-state index contributed by atoms with van der Waals surface area (Å²) in [5.74, 6) is -1.37. The molecule has 0 bridgehead atoms. The maximum absolute atomic E-state index is 13.8. The largest absolute Gasteiger partial charge is 0.417 e. The number of ketones is 1. The molecule has 5 heteroatoms. The highest BCUT2D eigenvalue weighted by Gasteiger charge is 2.38. The molecule has 0 fully saturated rings. The Bertz CT molecular complexity index is 1620. The van der Waals surface area contributed by atoms with E-state index in [-0.39, 0.29) is 11.5 Å². The van der Waals surface area contributed by atoms with Gasteiger partial charge < -0.3 is 5.32 Å². The van der Waals surface area contributed by atoms with Crippen molar-refractivity contribution < 1.29 is 18.0 Å². The summed E-state index contributed by atoms with van der Waals surface area (Å²) in [5, 5.41) is 5.31. The van der Waals surface area contributed by atoms with E-state index in [0.717, 1.165) is 45.3 Å². The van der Waals surface area contributed by atoms with Crippen LogP contribution < -0.4 is 15.8 Å². The Kier molecular flexibility index (Phi) is 5.71. The zero-order valence-corrected chi connectivity index (χ0v) is 19.9. The first-order valence-corrected chi connectivity index (χ1v) is 12.4. The zero-order valence-electron chi connectivity index (χ0n) is 19.9. The lowest BCUT2D eigenvalue weighted by Crippen LogP contribution is -2.40. The van der Waals surface area contributed by atoms with Crippen molar-refractivity contribution in [3.05, 3.63) is 130 Å². The first-order chi connectivity index (χ1) is 17.9. The molecular formula is C32H24F3NO. The molecule has 0 saturated heterocycles. The van der Waals surface area contributed by atoms with E-state index in [9.17, 15) is 18.0 Å². The van der Waals surface area contributed by atoms with Crippen LogP contribution in [0.2, 0.25) is 0 Å². The number of allylic oxidation sites excluding steroid dienone is 5. The van der Waals surface area contributed by atoms with Crippen LogP contribution in [0.15, 0.2) is 96.9 Å². The molecule has 2 atom stereocenters. The van der Waals surface area contributed by atoms with Gasteiger partial charge in [0, 0.05) is 29.3 Å². The molecule has 1 N–H and O–H groups in total. The second-order valence-electron chi connectivity index (χ2n) is 9.57. The van der Waals surface area contributed by atoms with Gasteiger partial charge in [0.05, 0.1) is 5.56 Å². The van der Waals surface area contributed by atoms with E-state index in [1.165, 1.54) is 23.8 Å². The summed E-state index contributed by atoms with van der Waals surface area (Å²) in [4.78, 5) is 13.7. The van der Waals surface area contributed by atoms with Crippen LogP contribution in [0, 0.1) is 5.92 Å². The summed E-state index contributed by atoms with van der Waals surface area (Å²) >= 11 is 0. The van der Waals surface area contributed by atoms with E-state index in [2.05, 4.69) is 35.7 Å². The summed E-state index contributed by atoms with van der Waals surface area (Å²) in [6, 6.07) is 17.6. The number of alkyl halides is 3. The van der Waals surface area contributed by atoms with Crippen molar-refractivity contribution in [2.24, 2.45) is 5.92 Å². The monoisotopic (exact) mass is 495 g/mol. The lowest BCUT2D eigenvalue weighted by atomic mass is 9.75. The van der Waals surface area contributed by atoms with Gasteiger partial charge in [-0.15, -0.1) is 0 Å². The molecule has 1 heterocycles. The Morgan fingerprint density at radius 2 is 1.68 bits per heavy atom. The molecule has 0 radical (unpaired) electrons. The van der Waals surface area contributed by atoms with E-state index in [0.29, 0.717) is 6.42 Å². The first-order valence-electron chi connectivity index (χ1n) is 12.4. The first kappa shape index (κ1) is 23.3. The number of halogens is 3. The van der Waals surface area contributed by atoms with Gasteiger partial charge in [0.1, 0.15) is 0 Å². The Balaban J connectivity index is 1.55. The van der Waals surface area contributed by atoms with Gasteiger partial charge in [-0.1, -0.05) is 78.9 Å². The van der Waals surface area contributed by atoms with E-state index >= 15 is 0 Å². The molecule has 0 spiro atoms. The SMILES string of the molecule is O=C(c1ccccc1C(F)(F)F)C1C=c2c(ccc3c2=CCc2ccccc2-3)C(C2=CC=CC=CN2)C1. The number of hydrogen-bond acceptors (Lipinski definition) is 2. The molecule has 0 saturated carbocycles. The molecule has 3 aromatic carbocycles. The molecule has 2 aliphatic carbocycles. The molecule has 2 nitrogen and oxygen atoms in total. The van der Waals surface area contributed by atoms with Crippen molar-refractivity contribution in [2.75, 3.05) is 0 Å². The summed E-state index contributed by atoms with van der Waals surface area (Å²) in [6.07, 6.45) is 10.2. The van der Waals surface area contributed by atoms with E-state index in [1.807, 2.05) is 48.7 Å². The van der Waals surface area contributed by atoms with Crippen LogP contribution in [0.3, 0.4) is 0 Å². The lowest BCUT2D eigenvalue weighted by Gasteiger charge is -2.30. The Hall–Kier alpha value is -4.12. The molecule has 3 aliphatic rings. The molecule has 0 aromatic heterocycles. The van der Waals surface area contributed by atoms with Gasteiger partial charge in [0.2, 0.25) is 0 Å². The van der Waals surface area contributed by atoms with Crippen LogP contribution in [0.1, 0.15) is 39.4 Å². The predicted octanol–water partition coefficient (Wildman–Crippen LogP) is 6.03. The van der Waals surface area contributed by atoms with Gasteiger partial charge in [0.15, 0.2) is 5.78 Å². The van der Waals surface area contributed by atoms with Crippen LogP contribution in [0.25, 0.3) is 23.3 Å². The Labute approximate surface area is 212 Å². The van der Waals surface area contributed by atoms with Gasteiger partial charge >= 0.3 is 6.18 Å². The smallest absolute Gasteiger partial charge is 0.364 e. The fourth-order valence-corrected chi connectivity index (χ4v) is 5.73. The molecule has 2 unspecified atom stereocenters. The average molecular weight is 496 g/mol. The fourth-order valence-electron chi connectivity index (χ4n) is 5.73. The summed E-state index contributed by atoms with van der Waals surface area (Å²) in [6.45, 7) is 0. The molecule has 184 valence electrons. The Morgan fingerprint density at radius 1 is 0.865 bits per heavy atom. The van der Waals surface area contributed by atoms with Gasteiger partial charge in [-0.3, -0.25) is 4.79 Å². The molecular weight excluding hydrogens is 471 g/mol. The lowest BCUT2D eigenvalue weighted by molar-refractivity contribution is -0.137. The summed E-state index contributed by atoms with van der Waals surface area (Å²) in [7, 11) is 0. The fraction of sp³-hybridized carbons (Fsp3) is 0.156. The molecule has 1 aliphatic heterocycles. The standard InChI is InChI=1S/C32H24F3NO/c33-32(34,35)29-11-6-5-10-26(29)31(37)21-18-27-24-14-13-20-8-3-4-9-22(20)23(24)15-16-25(27)28(19-21)30-12-2-1-7-17-36-30/h1-12,14-18,21,28,36H,13,19H2. The van der Waals surface area contributed by atoms with Crippen molar-refractivity contribution >= 4 is 17.9 Å². The maximum Gasteiger partial charge on any atom is 0.417 e. The number of carbonyl (C=O) groups is 1. The number of nitrogens with one attached hydrogen (secondary N) is 1. The molecule has 3 aromatic rings. The van der Waals surface area contributed by atoms with Crippen LogP contribution in [-0.2, 0) is 12.6 Å². The highest BCUT2D eigenvalue weighted by atomic mass is 19.4. The normalized spacial score (nSPS) is 19.7. The third kappa shape index (κ3) is 4.14. The van der Waals surface area contributed by atoms with Crippen LogP contribution in [0.5, 0.6) is 0 Å². The molecule has 0 amide bonds. The van der Waals surface area contributed by atoms with Gasteiger partial charge in [0.25, 0.3) is 0 Å². The van der Waals surface area contributed by atoms with E-state index in [1.54, 1.807) is 0 Å². The average Bonchev–Trinajstić information content (AvgIpc) is 3.21. The minimum absolute atomic E-state index is 0.171. The highest BCUT2D eigenvalue weighted by molar-refractivity contribution is 6.02. The van der Waals surface area contributed by atoms with Gasteiger partial charge in [-0.05, 0) is 63.8 Å². The van der Waals surface area contributed by atoms with Crippen molar-refractivity contribution in [1.82, 2.24) is 5.32 Å². The number of hydrogen-bond donors (Lipinski definition) is 1. The van der Waals surface area contributed by atoms with E-state index < -0.39 is 23.4 Å². The topological polar surface area (TPSA) is 29.1 Å². The minimum Gasteiger partial charge on any atom is -0.364 e. The van der Waals surface area contributed by atoms with Gasteiger partial charge in [-0.25, -0.2) is 0 Å². The number of fused-ring (bicyclic) bond motifs is 5. The number of carbonyl (C=O) groups excluding carboxylic acids is 1. The number of benzene rings is 3. The molecule has 6 rings (SSSR count). The van der Waals surface area contributed by atoms with Crippen LogP contribution >= 0.6 is 0 Å². The summed E-state index contributed by atoms with van der Waals surface area (Å²) < 4.78 is 41.4. The second kappa shape index (κ2) is 9.07. The number of Topliss-reactive ketones (excluding diaryl/α,β-unsaturated/α-hetero) is 1. The van der Waals surface area contributed by atoms with Crippen molar-refractivity contribution in [3.63, 3.8) is 0 Å². The third-order valence-electron chi connectivity index (χ3n) is 7.44. The Morgan fingerprint density at radius 3 is 2.54 bits per heavy atom. The van der Waals surface area contributed by atoms with Crippen molar-refractivity contribution in [3.8, 4) is 11.1 Å².